The predicted octanol–water partition coefficient (Wildman–Crippen LogP) is 6.16. The summed E-state index contributed by atoms with van der Waals surface area (Å²) in [5.41, 5.74) is -0.00564. The van der Waals surface area contributed by atoms with Crippen LogP contribution in [0.1, 0.15) is 34.4 Å². The zero-order valence-corrected chi connectivity index (χ0v) is 20.6. The second-order valence-corrected chi connectivity index (χ2v) is 9.10. The Labute approximate surface area is 219 Å². The van der Waals surface area contributed by atoms with Gasteiger partial charge in [0.25, 0.3) is 0 Å². The number of pyridine rings is 1. The molecule has 1 saturated heterocycles. The zero-order chi connectivity index (χ0) is 27.8. The van der Waals surface area contributed by atoms with E-state index in [0.717, 1.165) is 18.2 Å². The first-order valence-corrected chi connectivity index (χ1v) is 12.1. The summed E-state index contributed by atoms with van der Waals surface area (Å²) in [6.07, 6.45) is -4.22. The Morgan fingerprint density at radius 3 is 2.59 bits per heavy atom. The van der Waals surface area contributed by atoms with E-state index in [1.807, 2.05) is 0 Å². The Morgan fingerprint density at radius 1 is 1.08 bits per heavy atom. The maximum absolute atomic E-state index is 13.6. The monoisotopic (exact) mass is 551 g/mol. The third-order valence-corrected chi connectivity index (χ3v) is 6.35. The molecule has 0 bridgehead atoms. The number of halogens is 6. The number of benzene rings is 1. The zero-order valence-electron chi connectivity index (χ0n) is 20.6. The summed E-state index contributed by atoms with van der Waals surface area (Å²) in [4.78, 5) is 14.3. The van der Waals surface area contributed by atoms with Gasteiger partial charge in [0.2, 0.25) is 0 Å². The smallest absolute Gasteiger partial charge is 0.419 e. The SMILES string of the molecule is Cc1cc(C(F)(F)F)ccc1Nc1nc(OC2CCOC2)nc2c1C=CN(c1ncccc1C(F)(F)F)CC2. The summed E-state index contributed by atoms with van der Waals surface area (Å²) in [6.45, 7) is 2.54. The van der Waals surface area contributed by atoms with E-state index in [2.05, 4.69) is 20.3 Å². The first-order chi connectivity index (χ1) is 18.5. The molecule has 0 aliphatic carbocycles. The molecule has 1 unspecified atom stereocenters. The number of rotatable bonds is 5. The lowest BCUT2D eigenvalue weighted by Crippen LogP contribution is -2.23. The van der Waals surface area contributed by atoms with Gasteiger partial charge in [0.1, 0.15) is 17.7 Å². The van der Waals surface area contributed by atoms with Crippen LogP contribution in [-0.4, -0.2) is 40.8 Å². The average molecular weight is 551 g/mol. The molecule has 1 atom stereocenters. The van der Waals surface area contributed by atoms with Crippen LogP contribution in [0.3, 0.4) is 0 Å². The first-order valence-electron chi connectivity index (χ1n) is 12.1. The number of alkyl halides is 6. The quantitative estimate of drug-likeness (QED) is 0.381. The largest absolute Gasteiger partial charge is 0.458 e. The standard InChI is InChI=1S/C26H23F6N5O2/c1-15-13-16(25(27,28)29)4-5-20(15)34-22-18-6-10-37(23-19(26(30,31)32)3-2-9-33-23)11-7-21(18)35-24(36-22)39-17-8-12-38-14-17/h2-6,9-10,13,17H,7-8,11-12,14H2,1H3,(H,34,35,36). The molecule has 2 aliphatic heterocycles. The lowest BCUT2D eigenvalue weighted by Gasteiger charge is -2.21. The summed E-state index contributed by atoms with van der Waals surface area (Å²) >= 11 is 0. The van der Waals surface area contributed by atoms with Crippen molar-refractivity contribution in [3.63, 3.8) is 0 Å². The highest BCUT2D eigenvalue weighted by Crippen LogP contribution is 2.37. The van der Waals surface area contributed by atoms with Gasteiger partial charge in [-0.1, -0.05) is 0 Å². The van der Waals surface area contributed by atoms with Gasteiger partial charge in [0, 0.05) is 43.0 Å². The molecular formula is C26H23F6N5O2. The van der Waals surface area contributed by atoms with Crippen LogP contribution in [0.5, 0.6) is 6.01 Å². The molecule has 2 aliphatic rings. The number of nitrogens with one attached hydrogen (secondary N) is 1. The minimum absolute atomic E-state index is 0.0342. The molecule has 1 aromatic carbocycles. The third-order valence-electron chi connectivity index (χ3n) is 6.35. The summed E-state index contributed by atoms with van der Waals surface area (Å²) in [6, 6.07) is 5.50. The highest BCUT2D eigenvalue weighted by Gasteiger charge is 2.36. The summed E-state index contributed by atoms with van der Waals surface area (Å²) in [5.74, 6) is -0.0124. The molecule has 4 heterocycles. The molecule has 5 rings (SSSR count). The highest BCUT2D eigenvalue weighted by molar-refractivity contribution is 5.74. The van der Waals surface area contributed by atoms with Gasteiger partial charge >= 0.3 is 18.4 Å². The van der Waals surface area contributed by atoms with E-state index < -0.39 is 23.5 Å². The Hall–Kier alpha value is -3.87. The van der Waals surface area contributed by atoms with Gasteiger partial charge in [-0.15, -0.1) is 0 Å². The Balaban J connectivity index is 1.52. The summed E-state index contributed by atoms with van der Waals surface area (Å²) < 4.78 is 91.7. The lowest BCUT2D eigenvalue weighted by molar-refractivity contribution is -0.138. The van der Waals surface area contributed by atoms with Gasteiger partial charge in [-0.2, -0.15) is 36.3 Å². The number of fused-ring (bicyclic) bond motifs is 1. The predicted molar refractivity (Wildman–Crippen MR) is 131 cm³/mol. The van der Waals surface area contributed by atoms with E-state index in [1.165, 1.54) is 36.4 Å². The maximum Gasteiger partial charge on any atom is 0.419 e. The fourth-order valence-electron chi connectivity index (χ4n) is 4.36. The number of aromatic nitrogens is 3. The Bertz CT molecular complexity index is 1390. The van der Waals surface area contributed by atoms with Gasteiger partial charge in [-0.25, -0.2) is 4.98 Å². The van der Waals surface area contributed by atoms with Crippen molar-refractivity contribution in [1.29, 1.82) is 0 Å². The fraction of sp³-hybridized carbons (Fsp3) is 0.346. The lowest BCUT2D eigenvalue weighted by atomic mass is 10.1. The van der Waals surface area contributed by atoms with Gasteiger partial charge in [0.05, 0.1) is 30.0 Å². The highest BCUT2D eigenvalue weighted by atomic mass is 19.4. The fourth-order valence-corrected chi connectivity index (χ4v) is 4.36. The molecule has 13 heteroatoms. The number of hydrogen-bond donors (Lipinski definition) is 1. The summed E-state index contributed by atoms with van der Waals surface area (Å²) in [5, 5.41) is 3.07. The van der Waals surface area contributed by atoms with E-state index in [1.54, 1.807) is 6.08 Å². The van der Waals surface area contributed by atoms with Gasteiger partial charge < -0.3 is 19.7 Å². The van der Waals surface area contributed by atoms with E-state index in [4.69, 9.17) is 9.47 Å². The molecule has 3 aromatic rings. The molecule has 206 valence electrons. The number of nitrogens with zero attached hydrogens (tertiary/aromatic N) is 4. The second kappa shape index (κ2) is 10.4. The van der Waals surface area contributed by atoms with Crippen LogP contribution in [0.15, 0.2) is 42.7 Å². The molecule has 0 amide bonds. The number of aryl methyl sites for hydroxylation is 1. The van der Waals surface area contributed by atoms with Crippen molar-refractivity contribution in [2.24, 2.45) is 0 Å². The summed E-state index contributed by atoms with van der Waals surface area (Å²) in [7, 11) is 0. The van der Waals surface area contributed by atoms with Gasteiger partial charge in [-0.3, -0.25) is 0 Å². The number of hydrogen-bond acceptors (Lipinski definition) is 7. The van der Waals surface area contributed by atoms with Crippen LogP contribution in [0.2, 0.25) is 0 Å². The van der Waals surface area contributed by atoms with Gasteiger partial charge in [0.15, 0.2) is 0 Å². The van der Waals surface area contributed by atoms with Crippen molar-refractivity contribution in [2.75, 3.05) is 30.0 Å². The van der Waals surface area contributed by atoms with Crippen LogP contribution >= 0.6 is 0 Å². The van der Waals surface area contributed by atoms with Crippen LogP contribution in [0.4, 0.5) is 43.7 Å². The Kier molecular flexibility index (Phi) is 7.10. The molecular weight excluding hydrogens is 528 g/mol. The van der Waals surface area contributed by atoms with Crippen molar-refractivity contribution in [3.05, 3.63) is 70.7 Å². The average Bonchev–Trinajstić information content (AvgIpc) is 3.28. The van der Waals surface area contributed by atoms with Crippen molar-refractivity contribution >= 4 is 23.4 Å². The maximum atomic E-state index is 13.6. The molecule has 0 radical (unpaired) electrons. The molecule has 0 spiro atoms. The van der Waals surface area contributed by atoms with Crippen molar-refractivity contribution < 1.29 is 35.8 Å². The topological polar surface area (TPSA) is 72.4 Å². The minimum Gasteiger partial charge on any atom is -0.458 e. The van der Waals surface area contributed by atoms with Crippen LogP contribution in [0, 0.1) is 6.92 Å². The first kappa shape index (κ1) is 26.7. The van der Waals surface area contributed by atoms with Crippen molar-refractivity contribution in [3.8, 4) is 6.01 Å². The van der Waals surface area contributed by atoms with E-state index in [0.29, 0.717) is 42.1 Å². The molecule has 2 aromatic heterocycles. The van der Waals surface area contributed by atoms with Gasteiger partial charge in [-0.05, 0) is 48.9 Å². The van der Waals surface area contributed by atoms with Crippen LogP contribution in [0.25, 0.3) is 6.08 Å². The van der Waals surface area contributed by atoms with E-state index in [9.17, 15) is 26.3 Å². The Morgan fingerprint density at radius 2 is 1.90 bits per heavy atom. The number of anilines is 3. The van der Waals surface area contributed by atoms with E-state index >= 15 is 0 Å². The molecule has 39 heavy (non-hydrogen) atoms. The molecule has 7 nitrogen and oxygen atoms in total. The van der Waals surface area contributed by atoms with Crippen molar-refractivity contribution in [2.45, 2.75) is 38.2 Å². The second-order valence-electron chi connectivity index (χ2n) is 9.10. The normalized spacial score (nSPS) is 17.6. The minimum atomic E-state index is -4.60. The van der Waals surface area contributed by atoms with Crippen molar-refractivity contribution in [1.82, 2.24) is 15.0 Å². The van der Waals surface area contributed by atoms with Crippen LogP contribution in [-0.2, 0) is 23.5 Å². The van der Waals surface area contributed by atoms with Crippen LogP contribution < -0.4 is 15.0 Å². The molecule has 0 saturated carbocycles. The third kappa shape index (κ3) is 5.92. The molecule has 1 fully saturated rings. The molecule has 1 N–H and O–H groups in total. The number of ether oxygens (including phenoxy) is 2. The van der Waals surface area contributed by atoms with E-state index in [-0.39, 0.29) is 36.7 Å².